The second-order valence-corrected chi connectivity index (χ2v) is 7.30. The number of anilines is 1. The molecule has 21 heavy (non-hydrogen) atoms. The maximum Gasteiger partial charge on any atom is 0.312 e. The van der Waals surface area contributed by atoms with Crippen molar-refractivity contribution in [2.24, 2.45) is 0 Å². The van der Waals surface area contributed by atoms with Gasteiger partial charge in [-0.25, -0.2) is 0 Å². The third kappa shape index (κ3) is 2.40. The third-order valence-electron chi connectivity index (χ3n) is 4.15. The van der Waals surface area contributed by atoms with Crippen LogP contribution in [0, 0.1) is 0 Å². The lowest BCUT2D eigenvalue weighted by atomic mass is 10.0. The summed E-state index contributed by atoms with van der Waals surface area (Å²) >= 11 is 0. The van der Waals surface area contributed by atoms with Gasteiger partial charge in [0, 0.05) is 13.1 Å². The van der Waals surface area contributed by atoms with Crippen molar-refractivity contribution in [3.05, 3.63) is 29.8 Å². The van der Waals surface area contributed by atoms with Crippen molar-refractivity contribution in [2.75, 3.05) is 23.9 Å². The first-order valence-corrected chi connectivity index (χ1v) is 8.51. The summed E-state index contributed by atoms with van der Waals surface area (Å²) in [6, 6.07) is 6.85. The average molecular weight is 310 g/mol. The largest absolute Gasteiger partial charge is 0.481 e. The Labute approximate surface area is 124 Å². The summed E-state index contributed by atoms with van der Waals surface area (Å²) in [7, 11) is -3.64. The molecular formula is C14H18N2O4S. The molecule has 7 heteroatoms. The van der Waals surface area contributed by atoms with Gasteiger partial charge in [-0.2, -0.15) is 12.7 Å². The smallest absolute Gasteiger partial charge is 0.312 e. The van der Waals surface area contributed by atoms with E-state index in [2.05, 4.69) is 0 Å². The second-order valence-electron chi connectivity index (χ2n) is 5.45. The molecule has 2 aliphatic heterocycles. The van der Waals surface area contributed by atoms with Crippen LogP contribution >= 0.6 is 0 Å². The molecule has 0 aromatic heterocycles. The van der Waals surface area contributed by atoms with Gasteiger partial charge in [0.2, 0.25) is 0 Å². The number of nitrogens with zero attached hydrogens (tertiary/aromatic N) is 2. The van der Waals surface area contributed by atoms with Crippen molar-refractivity contribution in [3.63, 3.8) is 0 Å². The Morgan fingerprint density at radius 3 is 2.48 bits per heavy atom. The van der Waals surface area contributed by atoms with Crippen LogP contribution in [0.3, 0.4) is 0 Å². The maximum atomic E-state index is 12.8. The number of para-hydroxylation sites is 1. The predicted octanol–water partition coefficient (Wildman–Crippen LogP) is 1.41. The Morgan fingerprint density at radius 2 is 1.81 bits per heavy atom. The van der Waals surface area contributed by atoms with Crippen molar-refractivity contribution >= 4 is 21.9 Å². The van der Waals surface area contributed by atoms with Gasteiger partial charge in [0.25, 0.3) is 0 Å². The molecule has 1 aromatic rings. The number of carboxylic acids is 1. The van der Waals surface area contributed by atoms with Crippen molar-refractivity contribution in [1.82, 2.24) is 4.31 Å². The fraction of sp³-hybridized carbons (Fsp3) is 0.500. The van der Waals surface area contributed by atoms with Crippen LogP contribution in [0.5, 0.6) is 0 Å². The van der Waals surface area contributed by atoms with Crippen LogP contribution in [0.1, 0.15) is 30.7 Å². The zero-order valence-corrected chi connectivity index (χ0v) is 12.4. The summed E-state index contributed by atoms with van der Waals surface area (Å²) < 4.78 is 28.3. The molecule has 1 atom stereocenters. The normalized spacial score (nSPS) is 23.0. The van der Waals surface area contributed by atoms with E-state index in [1.807, 2.05) is 0 Å². The van der Waals surface area contributed by atoms with Gasteiger partial charge in [0.05, 0.1) is 12.2 Å². The van der Waals surface area contributed by atoms with E-state index in [9.17, 15) is 18.3 Å². The second kappa shape index (κ2) is 5.31. The molecule has 1 fully saturated rings. The molecule has 0 aliphatic carbocycles. The molecule has 2 aliphatic rings. The van der Waals surface area contributed by atoms with Crippen molar-refractivity contribution in [3.8, 4) is 0 Å². The molecule has 2 heterocycles. The Morgan fingerprint density at radius 1 is 1.14 bits per heavy atom. The highest BCUT2D eigenvalue weighted by atomic mass is 32.2. The molecule has 1 N–H and O–H groups in total. The van der Waals surface area contributed by atoms with Crippen LogP contribution in [0.4, 0.5) is 5.69 Å². The monoisotopic (exact) mass is 310 g/mol. The van der Waals surface area contributed by atoms with E-state index in [4.69, 9.17) is 0 Å². The van der Waals surface area contributed by atoms with E-state index in [0.29, 0.717) is 24.3 Å². The first-order valence-electron chi connectivity index (χ1n) is 7.11. The lowest BCUT2D eigenvalue weighted by Gasteiger charge is -2.31. The molecule has 0 amide bonds. The van der Waals surface area contributed by atoms with E-state index in [0.717, 1.165) is 19.3 Å². The third-order valence-corrected chi connectivity index (χ3v) is 6.07. The van der Waals surface area contributed by atoms with Gasteiger partial charge in [0.15, 0.2) is 0 Å². The van der Waals surface area contributed by atoms with Crippen molar-refractivity contribution in [2.45, 2.75) is 25.2 Å². The summed E-state index contributed by atoms with van der Waals surface area (Å²) in [5.41, 5.74) is 1.07. The van der Waals surface area contributed by atoms with Crippen LogP contribution in [-0.4, -0.2) is 43.4 Å². The molecule has 1 saturated heterocycles. The standard InChI is InChI=1S/C14H18N2O4S/c17-14(18)12-10-16(13-7-3-2-6-11(12)13)21(19,20)15-8-4-1-5-9-15/h2-3,6-7,12H,1,4-5,8-10H2,(H,17,18). The quantitative estimate of drug-likeness (QED) is 0.915. The van der Waals surface area contributed by atoms with Crippen LogP contribution in [-0.2, 0) is 15.0 Å². The number of benzene rings is 1. The zero-order chi connectivity index (χ0) is 15.0. The SMILES string of the molecule is O=C(O)C1CN(S(=O)(=O)N2CCCCC2)c2ccccc21. The molecule has 3 rings (SSSR count). The van der Waals surface area contributed by atoms with E-state index in [1.54, 1.807) is 24.3 Å². The molecular weight excluding hydrogens is 292 g/mol. The summed E-state index contributed by atoms with van der Waals surface area (Å²) in [4.78, 5) is 11.4. The van der Waals surface area contributed by atoms with Gasteiger partial charge >= 0.3 is 16.2 Å². The molecule has 0 radical (unpaired) electrons. The summed E-state index contributed by atoms with van der Waals surface area (Å²) in [5.74, 6) is -1.78. The van der Waals surface area contributed by atoms with E-state index >= 15 is 0 Å². The number of fused-ring (bicyclic) bond motifs is 1. The Hall–Kier alpha value is -1.60. The highest BCUT2D eigenvalue weighted by Crippen LogP contribution is 2.39. The van der Waals surface area contributed by atoms with Gasteiger partial charge in [-0.05, 0) is 24.5 Å². The van der Waals surface area contributed by atoms with Gasteiger partial charge in [-0.3, -0.25) is 9.10 Å². The lowest BCUT2D eigenvalue weighted by Crippen LogP contribution is -2.46. The Balaban J connectivity index is 1.98. The average Bonchev–Trinajstić information content (AvgIpc) is 2.88. The van der Waals surface area contributed by atoms with Gasteiger partial charge in [-0.15, -0.1) is 0 Å². The number of piperidine rings is 1. The maximum absolute atomic E-state index is 12.8. The van der Waals surface area contributed by atoms with Crippen LogP contribution in [0.15, 0.2) is 24.3 Å². The molecule has 0 saturated carbocycles. The topological polar surface area (TPSA) is 77.9 Å². The summed E-state index contributed by atoms with van der Waals surface area (Å²) in [6.07, 6.45) is 2.76. The van der Waals surface area contributed by atoms with Crippen molar-refractivity contribution < 1.29 is 18.3 Å². The number of rotatable bonds is 3. The first kappa shape index (κ1) is 14.3. The fourth-order valence-electron chi connectivity index (χ4n) is 3.04. The van der Waals surface area contributed by atoms with Crippen molar-refractivity contribution in [1.29, 1.82) is 0 Å². The highest BCUT2D eigenvalue weighted by molar-refractivity contribution is 7.90. The number of carboxylic acid groups (broad SMARTS) is 1. The number of carbonyl (C=O) groups is 1. The minimum absolute atomic E-state index is 0.0203. The minimum Gasteiger partial charge on any atom is -0.481 e. The van der Waals surface area contributed by atoms with E-state index < -0.39 is 22.1 Å². The highest BCUT2D eigenvalue weighted by Gasteiger charge is 2.41. The number of hydrogen-bond donors (Lipinski definition) is 1. The number of aliphatic carboxylic acids is 1. The summed E-state index contributed by atoms with van der Waals surface area (Å²) in [5, 5.41) is 9.32. The van der Waals surface area contributed by atoms with Crippen LogP contribution in [0.2, 0.25) is 0 Å². The zero-order valence-electron chi connectivity index (χ0n) is 11.6. The number of hydrogen-bond acceptors (Lipinski definition) is 3. The Kier molecular flexibility index (Phi) is 3.62. The Bertz CT molecular complexity index is 653. The van der Waals surface area contributed by atoms with Gasteiger partial charge in [0.1, 0.15) is 5.92 Å². The van der Waals surface area contributed by atoms with E-state index in [1.165, 1.54) is 8.61 Å². The molecule has 6 nitrogen and oxygen atoms in total. The molecule has 0 bridgehead atoms. The molecule has 1 unspecified atom stereocenters. The fourth-order valence-corrected chi connectivity index (χ4v) is 4.79. The predicted molar refractivity (Wildman–Crippen MR) is 78.5 cm³/mol. The first-order chi connectivity index (χ1) is 10.0. The lowest BCUT2D eigenvalue weighted by molar-refractivity contribution is -0.138. The van der Waals surface area contributed by atoms with Crippen LogP contribution in [0.25, 0.3) is 0 Å². The van der Waals surface area contributed by atoms with E-state index in [-0.39, 0.29) is 6.54 Å². The van der Waals surface area contributed by atoms with Crippen LogP contribution < -0.4 is 4.31 Å². The molecule has 0 spiro atoms. The van der Waals surface area contributed by atoms with Gasteiger partial charge in [-0.1, -0.05) is 24.6 Å². The molecule has 1 aromatic carbocycles. The summed E-state index contributed by atoms with van der Waals surface area (Å²) in [6.45, 7) is 1.00. The van der Waals surface area contributed by atoms with Gasteiger partial charge < -0.3 is 5.11 Å². The molecule has 114 valence electrons. The minimum atomic E-state index is -3.64.